The molecule has 1 aliphatic heterocycles. The number of piperidine rings is 1. The van der Waals surface area contributed by atoms with Crippen molar-refractivity contribution in [2.75, 3.05) is 27.3 Å². The Hall–Kier alpha value is -2.65. The van der Waals surface area contributed by atoms with E-state index < -0.39 is 17.8 Å². The Balaban J connectivity index is 1.80. The molecule has 0 bridgehead atoms. The lowest BCUT2D eigenvalue weighted by atomic mass is 9.97. The highest BCUT2D eigenvalue weighted by Crippen LogP contribution is 2.31. The van der Waals surface area contributed by atoms with Crippen molar-refractivity contribution in [3.8, 4) is 0 Å². The highest BCUT2D eigenvalue weighted by Gasteiger charge is 2.34. The van der Waals surface area contributed by atoms with Gasteiger partial charge in [-0.1, -0.05) is 18.2 Å². The SMILES string of the molecule is COC(=O)CCn1ccc(/C=C2\CN([C@H](C(=O)OC)c3ccccc3F)CC[C@H]2S)n1. The largest absolute Gasteiger partial charge is 0.469 e. The van der Waals surface area contributed by atoms with Gasteiger partial charge in [-0.2, -0.15) is 17.7 Å². The molecule has 1 aromatic heterocycles. The number of esters is 2. The number of methoxy groups -OCH3 is 2. The summed E-state index contributed by atoms with van der Waals surface area (Å²) >= 11 is 4.68. The predicted octanol–water partition coefficient (Wildman–Crippen LogP) is 2.89. The molecule has 0 N–H and O–H groups in total. The van der Waals surface area contributed by atoms with Crippen molar-refractivity contribution in [1.82, 2.24) is 14.7 Å². The van der Waals surface area contributed by atoms with Crippen molar-refractivity contribution >= 4 is 30.6 Å². The lowest BCUT2D eigenvalue weighted by Gasteiger charge is -2.36. The van der Waals surface area contributed by atoms with Gasteiger partial charge in [-0.05, 0) is 30.2 Å². The molecule has 3 rings (SSSR count). The van der Waals surface area contributed by atoms with E-state index in [-0.39, 0.29) is 17.6 Å². The number of benzene rings is 1. The third-order valence-electron chi connectivity index (χ3n) is 5.26. The minimum Gasteiger partial charge on any atom is -0.469 e. The Bertz CT molecular complexity index is 962. The quantitative estimate of drug-likeness (QED) is 0.520. The molecule has 0 aliphatic carbocycles. The molecule has 31 heavy (non-hydrogen) atoms. The number of thiol groups is 1. The average Bonchev–Trinajstić information content (AvgIpc) is 3.22. The summed E-state index contributed by atoms with van der Waals surface area (Å²) in [5, 5.41) is 4.46. The topological polar surface area (TPSA) is 73.7 Å². The van der Waals surface area contributed by atoms with Crippen LogP contribution in [-0.2, 0) is 25.6 Å². The van der Waals surface area contributed by atoms with Crippen LogP contribution in [0.1, 0.15) is 30.1 Å². The summed E-state index contributed by atoms with van der Waals surface area (Å²) in [5.74, 6) is -1.24. The molecule has 1 aromatic carbocycles. The van der Waals surface area contributed by atoms with Crippen LogP contribution in [0.5, 0.6) is 0 Å². The normalized spacial score (nSPS) is 19.2. The van der Waals surface area contributed by atoms with Crippen LogP contribution in [0.15, 0.2) is 42.1 Å². The summed E-state index contributed by atoms with van der Waals surface area (Å²) in [6.45, 7) is 1.43. The molecule has 0 unspecified atom stereocenters. The smallest absolute Gasteiger partial charge is 0.327 e. The van der Waals surface area contributed by atoms with E-state index >= 15 is 0 Å². The fraction of sp³-hybridized carbons (Fsp3) is 0.409. The maximum atomic E-state index is 14.5. The number of aryl methyl sites for hydroxylation is 1. The minimum absolute atomic E-state index is 0.00427. The van der Waals surface area contributed by atoms with Crippen molar-refractivity contribution in [3.63, 3.8) is 0 Å². The van der Waals surface area contributed by atoms with E-state index in [2.05, 4.69) is 22.5 Å². The van der Waals surface area contributed by atoms with Gasteiger partial charge in [0.25, 0.3) is 0 Å². The maximum absolute atomic E-state index is 14.5. The van der Waals surface area contributed by atoms with Gasteiger partial charge in [0.2, 0.25) is 0 Å². The van der Waals surface area contributed by atoms with Gasteiger partial charge in [-0.3, -0.25) is 14.4 Å². The first-order chi connectivity index (χ1) is 14.9. The highest BCUT2D eigenvalue weighted by atomic mass is 32.1. The molecule has 2 heterocycles. The van der Waals surface area contributed by atoms with Gasteiger partial charge < -0.3 is 9.47 Å². The Morgan fingerprint density at radius 2 is 2.06 bits per heavy atom. The molecule has 7 nitrogen and oxygen atoms in total. The fourth-order valence-electron chi connectivity index (χ4n) is 3.61. The first kappa shape index (κ1) is 23.0. The van der Waals surface area contributed by atoms with E-state index in [9.17, 15) is 14.0 Å². The van der Waals surface area contributed by atoms with E-state index in [1.54, 1.807) is 29.1 Å². The molecule has 0 saturated carbocycles. The summed E-state index contributed by atoms with van der Waals surface area (Å²) in [4.78, 5) is 25.8. The van der Waals surface area contributed by atoms with Crippen molar-refractivity contribution < 1.29 is 23.5 Å². The molecular weight excluding hydrogens is 421 g/mol. The third kappa shape index (κ3) is 5.74. The van der Waals surface area contributed by atoms with E-state index in [1.165, 1.54) is 20.3 Å². The molecule has 0 amide bonds. The number of likely N-dealkylation sites (tertiary alicyclic amines) is 1. The van der Waals surface area contributed by atoms with Crippen LogP contribution in [0.4, 0.5) is 4.39 Å². The second-order valence-electron chi connectivity index (χ2n) is 7.27. The van der Waals surface area contributed by atoms with Crippen LogP contribution < -0.4 is 0 Å². The number of hydrogen-bond donors (Lipinski definition) is 1. The van der Waals surface area contributed by atoms with Gasteiger partial charge in [0.15, 0.2) is 0 Å². The number of carbonyl (C=O) groups excluding carboxylic acids is 2. The standard InChI is InChI=1S/C22H26FN3O4S/c1-29-20(27)9-12-26-11-7-16(24-26)13-15-14-25(10-8-19(15)31)21(22(28)30-2)17-5-3-4-6-18(17)23/h3-7,11,13,19,21,31H,8-10,12,14H2,1-2H3/b15-13+/t19-,21+/m1/s1. The first-order valence-corrected chi connectivity index (χ1v) is 10.5. The summed E-state index contributed by atoms with van der Waals surface area (Å²) in [6, 6.07) is 7.25. The zero-order valence-corrected chi connectivity index (χ0v) is 18.4. The zero-order valence-electron chi connectivity index (χ0n) is 17.5. The van der Waals surface area contributed by atoms with Crippen LogP contribution in [-0.4, -0.2) is 59.2 Å². The van der Waals surface area contributed by atoms with Crippen LogP contribution in [0.25, 0.3) is 6.08 Å². The van der Waals surface area contributed by atoms with Gasteiger partial charge >= 0.3 is 11.9 Å². The lowest BCUT2D eigenvalue weighted by molar-refractivity contribution is -0.147. The number of hydrogen-bond acceptors (Lipinski definition) is 7. The van der Waals surface area contributed by atoms with E-state index in [0.29, 0.717) is 31.6 Å². The number of rotatable bonds is 7. The molecule has 166 valence electrons. The number of carbonyl (C=O) groups is 2. The van der Waals surface area contributed by atoms with E-state index in [1.807, 2.05) is 17.0 Å². The molecule has 0 spiro atoms. The van der Waals surface area contributed by atoms with Gasteiger partial charge in [-0.25, -0.2) is 9.18 Å². The van der Waals surface area contributed by atoms with Crippen molar-refractivity contribution in [2.24, 2.45) is 0 Å². The van der Waals surface area contributed by atoms with Gasteiger partial charge in [0.1, 0.15) is 11.9 Å². The Kier molecular flexibility index (Phi) is 7.86. The Morgan fingerprint density at radius 3 is 2.77 bits per heavy atom. The van der Waals surface area contributed by atoms with Crippen LogP contribution in [0, 0.1) is 5.82 Å². The lowest BCUT2D eigenvalue weighted by Crippen LogP contribution is -2.42. The first-order valence-electron chi connectivity index (χ1n) is 9.98. The molecule has 1 fully saturated rings. The van der Waals surface area contributed by atoms with E-state index in [4.69, 9.17) is 4.74 Å². The second-order valence-corrected chi connectivity index (χ2v) is 7.89. The number of nitrogens with zero attached hydrogens (tertiary/aromatic N) is 3. The zero-order chi connectivity index (χ0) is 22.4. The van der Waals surface area contributed by atoms with Gasteiger partial charge in [0.05, 0.1) is 32.9 Å². The Morgan fingerprint density at radius 1 is 1.29 bits per heavy atom. The Labute approximate surface area is 186 Å². The van der Waals surface area contributed by atoms with Gasteiger partial charge in [0, 0.05) is 30.1 Å². The molecule has 9 heteroatoms. The molecule has 0 radical (unpaired) electrons. The molecule has 2 atom stereocenters. The fourth-order valence-corrected chi connectivity index (χ4v) is 3.88. The van der Waals surface area contributed by atoms with Gasteiger partial charge in [-0.15, -0.1) is 0 Å². The highest BCUT2D eigenvalue weighted by molar-refractivity contribution is 7.81. The van der Waals surface area contributed by atoms with Crippen molar-refractivity contribution in [2.45, 2.75) is 30.7 Å². The summed E-state index contributed by atoms with van der Waals surface area (Å²) in [7, 11) is 2.66. The maximum Gasteiger partial charge on any atom is 0.327 e. The predicted molar refractivity (Wildman–Crippen MR) is 117 cm³/mol. The monoisotopic (exact) mass is 447 g/mol. The van der Waals surface area contributed by atoms with Crippen LogP contribution >= 0.6 is 12.6 Å². The third-order valence-corrected chi connectivity index (χ3v) is 5.85. The minimum atomic E-state index is -0.840. The summed E-state index contributed by atoms with van der Waals surface area (Å²) in [6.07, 6.45) is 4.65. The van der Waals surface area contributed by atoms with Crippen LogP contribution in [0.3, 0.4) is 0 Å². The van der Waals surface area contributed by atoms with E-state index in [0.717, 1.165) is 11.3 Å². The summed E-state index contributed by atoms with van der Waals surface area (Å²) < 4.78 is 25.8. The average molecular weight is 448 g/mol. The van der Waals surface area contributed by atoms with Crippen molar-refractivity contribution in [1.29, 1.82) is 0 Å². The number of aromatic nitrogens is 2. The number of halogens is 1. The molecule has 2 aromatic rings. The summed E-state index contributed by atoms with van der Waals surface area (Å²) in [5.41, 5.74) is 1.98. The second kappa shape index (κ2) is 10.6. The number of ether oxygens (including phenoxy) is 2. The molecule has 1 aliphatic rings. The molecule has 1 saturated heterocycles. The van der Waals surface area contributed by atoms with Crippen molar-refractivity contribution in [3.05, 3.63) is 59.2 Å². The molecular formula is C22H26FN3O4S. The van der Waals surface area contributed by atoms with Crippen LogP contribution in [0.2, 0.25) is 0 Å².